The Labute approximate surface area is 76.5 Å². The molecule has 1 aromatic carbocycles. The summed E-state index contributed by atoms with van der Waals surface area (Å²) < 4.78 is 38.0. The Morgan fingerprint density at radius 3 is 2.43 bits per heavy atom. The molecule has 0 aromatic heterocycles. The van der Waals surface area contributed by atoms with Gasteiger partial charge in [0.05, 0.1) is 0 Å². The number of rotatable bonds is 2. The van der Waals surface area contributed by atoms with Gasteiger partial charge in [-0.15, -0.1) is 5.43 Å². The second-order valence-electron chi connectivity index (χ2n) is 2.53. The molecule has 1 aromatic rings. The number of nitro groups is 1. The summed E-state index contributed by atoms with van der Waals surface area (Å²) >= 11 is 0. The van der Waals surface area contributed by atoms with Crippen LogP contribution in [0.1, 0.15) is 5.56 Å². The van der Waals surface area contributed by atoms with Gasteiger partial charge in [-0.2, -0.15) is 0 Å². The van der Waals surface area contributed by atoms with Crippen LogP contribution in [0.5, 0.6) is 0 Å². The fraction of sp³-hybridized carbons (Fsp3) is 0.143. The molecule has 1 N–H and O–H groups in total. The number of halogens is 3. The lowest BCUT2D eigenvalue weighted by Gasteiger charge is -2.04. The lowest BCUT2D eigenvalue weighted by atomic mass is 10.2. The molecular weight excluding hydrogens is 201 g/mol. The Hall–Kier alpha value is -1.79. The summed E-state index contributed by atoms with van der Waals surface area (Å²) in [5.74, 6) is -4.55. The molecule has 0 heterocycles. The lowest BCUT2D eigenvalue weighted by molar-refractivity contribution is -0.445. The normalized spacial score (nSPS) is 10.0. The van der Waals surface area contributed by atoms with Gasteiger partial charge in [-0.05, 0) is 6.92 Å². The van der Waals surface area contributed by atoms with Gasteiger partial charge in [0.2, 0.25) is 0 Å². The Morgan fingerprint density at radius 2 is 1.93 bits per heavy atom. The van der Waals surface area contributed by atoms with Crippen LogP contribution >= 0.6 is 0 Å². The number of anilines is 1. The number of hydrazine groups is 1. The van der Waals surface area contributed by atoms with Gasteiger partial charge in [-0.1, -0.05) is 0 Å². The predicted molar refractivity (Wildman–Crippen MR) is 41.7 cm³/mol. The van der Waals surface area contributed by atoms with E-state index in [1.54, 1.807) is 5.43 Å². The average molecular weight is 206 g/mol. The summed E-state index contributed by atoms with van der Waals surface area (Å²) in [6.07, 6.45) is 0. The monoisotopic (exact) mass is 206 g/mol. The summed E-state index contributed by atoms with van der Waals surface area (Å²) in [7, 11) is 0. The first-order valence-corrected chi connectivity index (χ1v) is 3.48. The zero-order chi connectivity index (χ0) is 10.9. The van der Waals surface area contributed by atoms with Gasteiger partial charge in [-0.25, -0.2) is 23.3 Å². The van der Waals surface area contributed by atoms with Crippen LogP contribution in [0.25, 0.3) is 0 Å². The summed E-state index contributed by atoms with van der Waals surface area (Å²) in [5.41, 5.74) is 0.800. The van der Waals surface area contributed by atoms with Crippen LogP contribution in [0.3, 0.4) is 0 Å². The van der Waals surface area contributed by atoms with E-state index in [4.69, 9.17) is 0 Å². The molecule has 14 heavy (non-hydrogen) atoms. The van der Waals surface area contributed by atoms with Crippen molar-refractivity contribution in [1.82, 2.24) is 0 Å². The van der Waals surface area contributed by atoms with Crippen molar-refractivity contribution in [3.05, 3.63) is 39.2 Å². The molecule has 0 fully saturated rings. The number of nitrogens with zero attached hydrogens (tertiary/aromatic N) is 1. The summed E-state index contributed by atoms with van der Waals surface area (Å²) in [5, 5.41) is 9.00. The largest absolute Gasteiger partial charge is 0.235 e. The second-order valence-corrected chi connectivity index (χ2v) is 2.53. The van der Waals surface area contributed by atoms with E-state index in [1.807, 2.05) is 0 Å². The number of nitrogens with one attached hydrogen (secondary N) is 1. The number of hydrogen-bond acceptors (Lipinski definition) is 2. The van der Waals surface area contributed by atoms with E-state index in [2.05, 4.69) is 0 Å². The molecule has 0 aliphatic heterocycles. The second kappa shape index (κ2) is 3.52. The molecule has 0 aliphatic rings. The van der Waals surface area contributed by atoms with Crippen molar-refractivity contribution in [2.24, 2.45) is 0 Å². The summed E-state index contributed by atoms with van der Waals surface area (Å²) in [6.45, 7) is 1.10. The Morgan fingerprint density at radius 1 is 1.36 bits per heavy atom. The van der Waals surface area contributed by atoms with Gasteiger partial charge >= 0.3 is 0 Å². The SMILES string of the molecule is Cc1c(N[N+](=O)[O-])cc(F)c(F)c1F. The van der Waals surface area contributed by atoms with Crippen LogP contribution in [-0.4, -0.2) is 5.03 Å². The quantitative estimate of drug-likeness (QED) is 0.457. The van der Waals surface area contributed by atoms with Crippen molar-refractivity contribution >= 4 is 5.69 Å². The summed E-state index contributed by atoms with van der Waals surface area (Å²) in [6, 6.07) is 0.524. The minimum absolute atomic E-state index is 0.347. The molecule has 0 saturated heterocycles. The Kier molecular flexibility index (Phi) is 2.59. The molecule has 0 atom stereocenters. The van der Waals surface area contributed by atoms with Crippen LogP contribution < -0.4 is 5.43 Å². The van der Waals surface area contributed by atoms with E-state index in [9.17, 15) is 23.3 Å². The molecule has 7 heteroatoms. The zero-order valence-corrected chi connectivity index (χ0v) is 6.97. The highest BCUT2D eigenvalue weighted by Crippen LogP contribution is 2.23. The van der Waals surface area contributed by atoms with Crippen LogP contribution in [0.15, 0.2) is 6.07 Å². The van der Waals surface area contributed by atoms with Crippen LogP contribution in [0.2, 0.25) is 0 Å². The maximum atomic E-state index is 12.8. The molecule has 0 unspecified atom stereocenters. The van der Waals surface area contributed by atoms with Crippen LogP contribution in [0, 0.1) is 34.5 Å². The van der Waals surface area contributed by atoms with E-state index < -0.39 is 28.2 Å². The summed E-state index contributed by atoms with van der Waals surface area (Å²) in [4.78, 5) is 9.98. The average Bonchev–Trinajstić information content (AvgIpc) is 2.10. The maximum Gasteiger partial charge on any atom is 0.194 e. The van der Waals surface area contributed by atoms with Gasteiger partial charge in [-0.3, -0.25) is 0 Å². The molecule has 1 rings (SSSR count). The Balaban J connectivity index is 3.25. The first kappa shape index (κ1) is 10.3. The lowest BCUT2D eigenvalue weighted by Crippen LogP contribution is -2.11. The highest BCUT2D eigenvalue weighted by molar-refractivity contribution is 5.49. The van der Waals surface area contributed by atoms with Gasteiger partial charge in [0.25, 0.3) is 0 Å². The van der Waals surface area contributed by atoms with Gasteiger partial charge in [0, 0.05) is 11.6 Å². The zero-order valence-electron chi connectivity index (χ0n) is 6.97. The molecule has 0 amide bonds. The first-order chi connectivity index (χ1) is 6.43. The fourth-order valence-electron chi connectivity index (χ4n) is 0.901. The molecule has 0 bridgehead atoms. The third-order valence-corrected chi connectivity index (χ3v) is 1.62. The number of hydrogen-bond donors (Lipinski definition) is 1. The standard InChI is InChI=1S/C7H5F3N2O2/c1-3-5(11-12(13)14)2-4(8)7(10)6(3)9/h2,11H,1H3. The van der Waals surface area contributed by atoms with Gasteiger partial charge in [0.15, 0.2) is 22.5 Å². The topological polar surface area (TPSA) is 55.2 Å². The van der Waals surface area contributed by atoms with Crippen molar-refractivity contribution in [3.63, 3.8) is 0 Å². The minimum atomic E-state index is -1.64. The molecule has 0 spiro atoms. The smallest absolute Gasteiger partial charge is 0.194 e. The van der Waals surface area contributed by atoms with Crippen LogP contribution in [-0.2, 0) is 0 Å². The van der Waals surface area contributed by atoms with Crippen molar-refractivity contribution in [2.45, 2.75) is 6.92 Å². The van der Waals surface area contributed by atoms with Gasteiger partial charge in [0.1, 0.15) is 5.69 Å². The van der Waals surface area contributed by atoms with Crippen molar-refractivity contribution in [1.29, 1.82) is 0 Å². The van der Waals surface area contributed by atoms with E-state index in [0.717, 1.165) is 6.92 Å². The molecular formula is C7H5F3N2O2. The molecule has 0 aliphatic carbocycles. The van der Waals surface area contributed by atoms with Crippen LogP contribution in [0.4, 0.5) is 18.9 Å². The molecule has 76 valence electrons. The third kappa shape index (κ3) is 1.76. The van der Waals surface area contributed by atoms with Crippen molar-refractivity contribution in [2.75, 3.05) is 5.43 Å². The number of benzene rings is 1. The van der Waals surface area contributed by atoms with E-state index in [-0.39, 0.29) is 5.56 Å². The molecule has 0 radical (unpaired) electrons. The van der Waals surface area contributed by atoms with E-state index in [1.165, 1.54) is 0 Å². The van der Waals surface area contributed by atoms with Crippen molar-refractivity contribution < 1.29 is 18.2 Å². The highest BCUT2D eigenvalue weighted by atomic mass is 19.2. The Bertz CT molecular complexity index is 395. The maximum absolute atomic E-state index is 12.8. The molecule has 4 nitrogen and oxygen atoms in total. The molecule has 0 saturated carbocycles. The predicted octanol–water partition coefficient (Wildman–Crippen LogP) is 2.02. The van der Waals surface area contributed by atoms with E-state index in [0.29, 0.717) is 6.07 Å². The fourth-order valence-corrected chi connectivity index (χ4v) is 0.901. The third-order valence-electron chi connectivity index (χ3n) is 1.62. The van der Waals surface area contributed by atoms with Gasteiger partial charge < -0.3 is 0 Å². The van der Waals surface area contributed by atoms with E-state index >= 15 is 0 Å². The highest BCUT2D eigenvalue weighted by Gasteiger charge is 2.17. The van der Waals surface area contributed by atoms with Crippen molar-refractivity contribution in [3.8, 4) is 0 Å². The first-order valence-electron chi connectivity index (χ1n) is 3.48. The minimum Gasteiger partial charge on any atom is -0.235 e.